The SMILES string of the molecule is C[C@H]1c2ccsc2CCN1C[C@@H](O)Cn1cccn1. The molecular weight excluding hydrogens is 258 g/mol. The lowest BCUT2D eigenvalue weighted by Crippen LogP contribution is -2.40. The Morgan fingerprint density at radius 1 is 1.53 bits per heavy atom. The van der Waals surface area contributed by atoms with Crippen molar-refractivity contribution in [3.8, 4) is 0 Å². The maximum atomic E-state index is 10.2. The topological polar surface area (TPSA) is 41.3 Å². The second-order valence-electron chi connectivity index (χ2n) is 5.10. The molecular formula is C14H19N3OS. The molecule has 1 aliphatic rings. The van der Waals surface area contributed by atoms with Crippen molar-refractivity contribution in [3.63, 3.8) is 0 Å². The van der Waals surface area contributed by atoms with Crippen LogP contribution in [0.1, 0.15) is 23.4 Å². The summed E-state index contributed by atoms with van der Waals surface area (Å²) in [4.78, 5) is 3.87. The second-order valence-corrected chi connectivity index (χ2v) is 6.10. The van der Waals surface area contributed by atoms with Gasteiger partial charge < -0.3 is 5.11 Å². The number of hydrogen-bond acceptors (Lipinski definition) is 4. The first-order chi connectivity index (χ1) is 9.24. The zero-order valence-electron chi connectivity index (χ0n) is 11.1. The van der Waals surface area contributed by atoms with Crippen LogP contribution in [0.15, 0.2) is 29.9 Å². The van der Waals surface area contributed by atoms with E-state index in [9.17, 15) is 5.11 Å². The molecule has 5 heteroatoms. The summed E-state index contributed by atoms with van der Waals surface area (Å²) in [7, 11) is 0. The highest BCUT2D eigenvalue weighted by molar-refractivity contribution is 7.10. The van der Waals surface area contributed by atoms with Crippen LogP contribution in [0.4, 0.5) is 0 Å². The van der Waals surface area contributed by atoms with Crippen LogP contribution in [0.5, 0.6) is 0 Å². The van der Waals surface area contributed by atoms with Crippen LogP contribution in [0, 0.1) is 0 Å². The van der Waals surface area contributed by atoms with E-state index in [-0.39, 0.29) is 6.10 Å². The zero-order chi connectivity index (χ0) is 13.2. The van der Waals surface area contributed by atoms with Gasteiger partial charge in [-0.15, -0.1) is 11.3 Å². The third kappa shape index (κ3) is 2.73. The number of aliphatic hydroxyl groups excluding tert-OH is 1. The molecule has 1 aliphatic heterocycles. The van der Waals surface area contributed by atoms with E-state index in [4.69, 9.17) is 0 Å². The fraction of sp³-hybridized carbons (Fsp3) is 0.500. The lowest BCUT2D eigenvalue weighted by molar-refractivity contribution is 0.0732. The van der Waals surface area contributed by atoms with Crippen molar-refractivity contribution in [1.82, 2.24) is 14.7 Å². The summed E-state index contributed by atoms with van der Waals surface area (Å²) in [5.41, 5.74) is 1.43. The monoisotopic (exact) mass is 277 g/mol. The highest BCUT2D eigenvalue weighted by atomic mass is 32.1. The van der Waals surface area contributed by atoms with Gasteiger partial charge in [0.2, 0.25) is 0 Å². The summed E-state index contributed by atoms with van der Waals surface area (Å²) in [6.07, 6.45) is 4.36. The van der Waals surface area contributed by atoms with Gasteiger partial charge in [0, 0.05) is 36.4 Å². The third-order valence-corrected chi connectivity index (χ3v) is 4.80. The van der Waals surface area contributed by atoms with Crippen molar-refractivity contribution >= 4 is 11.3 Å². The number of rotatable bonds is 4. The van der Waals surface area contributed by atoms with Crippen LogP contribution in [0.25, 0.3) is 0 Å². The molecule has 1 N–H and O–H groups in total. The van der Waals surface area contributed by atoms with Crippen molar-refractivity contribution in [2.75, 3.05) is 13.1 Å². The van der Waals surface area contributed by atoms with Crippen LogP contribution < -0.4 is 0 Å². The summed E-state index contributed by atoms with van der Waals surface area (Å²) in [5.74, 6) is 0. The Morgan fingerprint density at radius 2 is 2.42 bits per heavy atom. The number of thiophene rings is 1. The van der Waals surface area contributed by atoms with E-state index in [1.54, 1.807) is 10.9 Å². The molecule has 3 rings (SSSR count). The molecule has 0 spiro atoms. The molecule has 0 aliphatic carbocycles. The van der Waals surface area contributed by atoms with Crippen molar-refractivity contribution < 1.29 is 5.11 Å². The minimum absolute atomic E-state index is 0.373. The number of aromatic nitrogens is 2. The molecule has 4 nitrogen and oxygen atoms in total. The largest absolute Gasteiger partial charge is 0.390 e. The van der Waals surface area contributed by atoms with Gasteiger partial charge >= 0.3 is 0 Å². The summed E-state index contributed by atoms with van der Waals surface area (Å²) < 4.78 is 1.79. The van der Waals surface area contributed by atoms with Crippen LogP contribution in [0.3, 0.4) is 0 Å². The Kier molecular flexibility index (Phi) is 3.68. The van der Waals surface area contributed by atoms with E-state index >= 15 is 0 Å². The van der Waals surface area contributed by atoms with Crippen LogP contribution in [-0.4, -0.2) is 39.0 Å². The molecule has 2 aromatic rings. The van der Waals surface area contributed by atoms with E-state index in [0.29, 0.717) is 19.1 Å². The number of β-amino-alcohol motifs (C(OH)–C–C–N with tert-alkyl or cyclic N) is 1. The maximum Gasteiger partial charge on any atom is 0.0862 e. The minimum atomic E-state index is -0.373. The molecule has 2 aromatic heterocycles. The first kappa shape index (κ1) is 12.8. The van der Waals surface area contributed by atoms with Gasteiger partial charge in [0.25, 0.3) is 0 Å². The molecule has 0 saturated carbocycles. The molecule has 3 heterocycles. The smallest absolute Gasteiger partial charge is 0.0862 e. The lowest BCUT2D eigenvalue weighted by Gasteiger charge is -2.34. The van der Waals surface area contributed by atoms with E-state index in [1.807, 2.05) is 23.6 Å². The third-order valence-electron chi connectivity index (χ3n) is 3.81. The Balaban J connectivity index is 1.61. The van der Waals surface area contributed by atoms with Crippen LogP contribution in [-0.2, 0) is 13.0 Å². The van der Waals surface area contributed by atoms with Gasteiger partial charge in [-0.1, -0.05) is 0 Å². The van der Waals surface area contributed by atoms with Gasteiger partial charge in [0.05, 0.1) is 12.6 Å². The first-order valence-electron chi connectivity index (χ1n) is 6.70. The molecule has 19 heavy (non-hydrogen) atoms. The lowest BCUT2D eigenvalue weighted by atomic mass is 10.0. The second kappa shape index (κ2) is 5.45. The van der Waals surface area contributed by atoms with Gasteiger partial charge in [-0.2, -0.15) is 5.10 Å². The predicted octanol–water partition coefficient (Wildman–Crippen LogP) is 1.92. The number of nitrogens with zero attached hydrogens (tertiary/aromatic N) is 3. The van der Waals surface area contributed by atoms with Gasteiger partial charge in [-0.25, -0.2) is 0 Å². The Hall–Kier alpha value is -1.17. The fourth-order valence-electron chi connectivity index (χ4n) is 2.76. The van der Waals surface area contributed by atoms with Gasteiger partial charge in [0.1, 0.15) is 0 Å². The van der Waals surface area contributed by atoms with E-state index < -0.39 is 0 Å². The maximum absolute atomic E-state index is 10.2. The highest BCUT2D eigenvalue weighted by Crippen LogP contribution is 2.32. The number of fused-ring (bicyclic) bond motifs is 1. The summed E-state index contributed by atoms with van der Waals surface area (Å²) in [6.45, 7) is 4.53. The van der Waals surface area contributed by atoms with Crippen molar-refractivity contribution in [2.24, 2.45) is 0 Å². The van der Waals surface area contributed by atoms with Crippen molar-refractivity contribution in [3.05, 3.63) is 40.3 Å². The van der Waals surface area contributed by atoms with Gasteiger partial charge in [0.15, 0.2) is 0 Å². The highest BCUT2D eigenvalue weighted by Gasteiger charge is 2.26. The quantitative estimate of drug-likeness (QED) is 0.928. The van der Waals surface area contributed by atoms with Gasteiger partial charge in [-0.05, 0) is 36.4 Å². The molecule has 0 radical (unpaired) electrons. The molecule has 2 atom stereocenters. The zero-order valence-corrected chi connectivity index (χ0v) is 11.9. The molecule has 0 unspecified atom stereocenters. The summed E-state index contributed by atoms with van der Waals surface area (Å²) in [6, 6.07) is 4.51. The number of aliphatic hydroxyl groups is 1. The average Bonchev–Trinajstić information content (AvgIpc) is 3.03. The minimum Gasteiger partial charge on any atom is -0.390 e. The van der Waals surface area contributed by atoms with Crippen LogP contribution >= 0.6 is 11.3 Å². The predicted molar refractivity (Wildman–Crippen MR) is 76.2 cm³/mol. The molecule has 0 bridgehead atoms. The van der Waals surface area contributed by atoms with E-state index in [0.717, 1.165) is 13.0 Å². The Labute approximate surface area is 117 Å². The molecule has 0 fully saturated rings. The molecule has 0 saturated heterocycles. The fourth-order valence-corrected chi connectivity index (χ4v) is 3.73. The standard InChI is InChI=1S/C14H19N3OS/c1-11-13-4-8-19-14(13)3-7-16(11)9-12(18)10-17-6-2-5-15-17/h2,4-6,8,11-12,18H,3,7,9-10H2,1H3/t11-,12+/m0/s1. The number of hydrogen-bond donors (Lipinski definition) is 1. The Morgan fingerprint density at radius 3 is 3.21 bits per heavy atom. The molecule has 0 amide bonds. The van der Waals surface area contributed by atoms with E-state index in [1.165, 1.54) is 10.4 Å². The van der Waals surface area contributed by atoms with Crippen LogP contribution in [0.2, 0.25) is 0 Å². The van der Waals surface area contributed by atoms with Crippen molar-refractivity contribution in [2.45, 2.75) is 32.0 Å². The first-order valence-corrected chi connectivity index (χ1v) is 7.58. The summed E-state index contributed by atoms with van der Waals surface area (Å²) >= 11 is 1.85. The average molecular weight is 277 g/mol. The Bertz CT molecular complexity index is 523. The van der Waals surface area contributed by atoms with Crippen molar-refractivity contribution in [1.29, 1.82) is 0 Å². The van der Waals surface area contributed by atoms with Gasteiger partial charge in [-0.3, -0.25) is 9.58 Å². The molecule has 0 aromatic carbocycles. The van der Waals surface area contributed by atoms with E-state index in [2.05, 4.69) is 28.4 Å². The molecule has 102 valence electrons. The normalized spacial score (nSPS) is 21.3. The summed E-state index contributed by atoms with van der Waals surface area (Å²) in [5, 5.41) is 16.5.